The van der Waals surface area contributed by atoms with Crippen molar-refractivity contribution in [1.82, 2.24) is 9.78 Å². The molecule has 1 N–H and O–H groups in total. The van der Waals surface area contributed by atoms with Crippen molar-refractivity contribution >= 4 is 22.4 Å². The van der Waals surface area contributed by atoms with Crippen LogP contribution in [0, 0.1) is 0 Å². The van der Waals surface area contributed by atoms with Gasteiger partial charge in [0, 0.05) is 17.1 Å². The maximum Gasteiger partial charge on any atom is 0.267 e. The van der Waals surface area contributed by atoms with E-state index in [1.165, 1.54) is 4.68 Å². The van der Waals surface area contributed by atoms with Crippen LogP contribution < -0.4 is 10.9 Å². The lowest BCUT2D eigenvalue weighted by atomic mass is 10.1. The van der Waals surface area contributed by atoms with Gasteiger partial charge in [0.05, 0.1) is 5.69 Å². The zero-order chi connectivity index (χ0) is 17.4. The molecule has 0 radical (unpaired) electrons. The molecule has 0 aliphatic heterocycles. The second-order valence-electron chi connectivity index (χ2n) is 6.44. The van der Waals surface area contributed by atoms with Crippen LogP contribution in [-0.4, -0.2) is 15.7 Å². The number of aromatic nitrogens is 2. The Balaban J connectivity index is 1.64. The van der Waals surface area contributed by atoms with Crippen LogP contribution in [0.4, 0.5) is 5.69 Å². The SMILES string of the molecule is CC(C(=O)Nc1cccc2ccccc12)n1nc2c(cc1=O)CCC2. The Labute approximate surface area is 145 Å². The smallest absolute Gasteiger partial charge is 0.267 e. The van der Waals surface area contributed by atoms with Crippen molar-refractivity contribution in [3.63, 3.8) is 0 Å². The number of fused-ring (bicyclic) bond motifs is 2. The van der Waals surface area contributed by atoms with E-state index in [4.69, 9.17) is 0 Å². The highest BCUT2D eigenvalue weighted by atomic mass is 16.2. The van der Waals surface area contributed by atoms with E-state index in [9.17, 15) is 9.59 Å². The van der Waals surface area contributed by atoms with Gasteiger partial charge in [-0.3, -0.25) is 9.59 Å². The number of benzene rings is 2. The zero-order valence-electron chi connectivity index (χ0n) is 14.0. The van der Waals surface area contributed by atoms with Crippen molar-refractivity contribution < 1.29 is 4.79 Å². The number of anilines is 1. The molecule has 1 aromatic heterocycles. The molecular formula is C20H19N3O2. The lowest BCUT2D eigenvalue weighted by Gasteiger charge is -2.16. The molecular weight excluding hydrogens is 314 g/mol. The molecule has 0 saturated carbocycles. The minimum absolute atomic E-state index is 0.221. The van der Waals surface area contributed by atoms with Gasteiger partial charge in [-0.2, -0.15) is 5.10 Å². The van der Waals surface area contributed by atoms with Gasteiger partial charge in [0.1, 0.15) is 6.04 Å². The first-order chi connectivity index (χ1) is 12.1. The van der Waals surface area contributed by atoms with Crippen molar-refractivity contribution in [1.29, 1.82) is 0 Å². The van der Waals surface area contributed by atoms with E-state index in [-0.39, 0.29) is 11.5 Å². The van der Waals surface area contributed by atoms with Crippen LogP contribution in [0.1, 0.15) is 30.6 Å². The molecule has 0 fully saturated rings. The fraction of sp³-hybridized carbons (Fsp3) is 0.250. The van der Waals surface area contributed by atoms with Gasteiger partial charge in [-0.25, -0.2) is 4.68 Å². The van der Waals surface area contributed by atoms with E-state index in [1.807, 2.05) is 42.5 Å². The molecule has 4 rings (SSSR count). The zero-order valence-corrected chi connectivity index (χ0v) is 14.0. The first kappa shape index (κ1) is 15.6. The molecule has 5 heteroatoms. The average Bonchev–Trinajstić information content (AvgIpc) is 3.08. The minimum atomic E-state index is -0.669. The molecule has 126 valence electrons. The van der Waals surface area contributed by atoms with Crippen LogP contribution in [0.2, 0.25) is 0 Å². The Kier molecular flexibility index (Phi) is 3.84. The summed E-state index contributed by atoms with van der Waals surface area (Å²) in [7, 11) is 0. The fourth-order valence-electron chi connectivity index (χ4n) is 3.38. The van der Waals surface area contributed by atoms with Crippen LogP contribution in [0.3, 0.4) is 0 Å². The van der Waals surface area contributed by atoms with Crippen molar-refractivity contribution in [2.45, 2.75) is 32.2 Å². The third kappa shape index (κ3) is 2.82. The molecule has 25 heavy (non-hydrogen) atoms. The number of amides is 1. The average molecular weight is 333 g/mol. The Morgan fingerprint density at radius 2 is 1.96 bits per heavy atom. The molecule has 1 aliphatic rings. The van der Waals surface area contributed by atoms with Crippen LogP contribution in [0.15, 0.2) is 53.3 Å². The van der Waals surface area contributed by atoms with Gasteiger partial charge in [0.25, 0.3) is 5.56 Å². The van der Waals surface area contributed by atoms with Gasteiger partial charge in [-0.1, -0.05) is 36.4 Å². The first-order valence-corrected chi connectivity index (χ1v) is 8.54. The van der Waals surface area contributed by atoms with E-state index < -0.39 is 6.04 Å². The predicted molar refractivity (Wildman–Crippen MR) is 97.8 cm³/mol. The number of nitrogens with zero attached hydrogens (tertiary/aromatic N) is 2. The lowest BCUT2D eigenvalue weighted by molar-refractivity contribution is -0.119. The maximum atomic E-state index is 12.7. The van der Waals surface area contributed by atoms with Crippen LogP contribution in [0.25, 0.3) is 10.8 Å². The van der Waals surface area contributed by atoms with Gasteiger partial charge in [-0.15, -0.1) is 0 Å². The molecule has 2 aromatic carbocycles. The summed E-state index contributed by atoms with van der Waals surface area (Å²) in [6.07, 6.45) is 2.78. The van der Waals surface area contributed by atoms with Crippen molar-refractivity contribution in [2.24, 2.45) is 0 Å². The monoisotopic (exact) mass is 333 g/mol. The van der Waals surface area contributed by atoms with Gasteiger partial charge < -0.3 is 5.32 Å². The molecule has 3 aromatic rings. The summed E-state index contributed by atoms with van der Waals surface area (Å²) in [5, 5.41) is 9.39. The van der Waals surface area contributed by atoms with Gasteiger partial charge in [-0.05, 0) is 43.2 Å². The summed E-state index contributed by atoms with van der Waals surface area (Å²) in [6, 6.07) is 14.6. The normalized spacial score (nSPS) is 14.3. The van der Waals surface area contributed by atoms with Crippen molar-refractivity contribution in [3.05, 3.63) is 70.1 Å². The Morgan fingerprint density at radius 3 is 2.84 bits per heavy atom. The summed E-state index contributed by atoms with van der Waals surface area (Å²) in [5.74, 6) is -0.246. The van der Waals surface area contributed by atoms with Gasteiger partial charge >= 0.3 is 0 Å². The van der Waals surface area contributed by atoms with E-state index >= 15 is 0 Å². The largest absolute Gasteiger partial charge is 0.324 e. The number of nitrogens with one attached hydrogen (secondary N) is 1. The summed E-state index contributed by atoms with van der Waals surface area (Å²) in [5.41, 5.74) is 2.47. The molecule has 1 unspecified atom stereocenters. The summed E-state index contributed by atoms with van der Waals surface area (Å²) in [6.45, 7) is 1.70. The fourth-order valence-corrected chi connectivity index (χ4v) is 3.38. The lowest BCUT2D eigenvalue weighted by Crippen LogP contribution is -2.34. The molecule has 0 saturated heterocycles. The highest BCUT2D eigenvalue weighted by Crippen LogP contribution is 2.24. The first-order valence-electron chi connectivity index (χ1n) is 8.54. The highest BCUT2D eigenvalue weighted by Gasteiger charge is 2.21. The molecule has 0 spiro atoms. The number of hydrogen-bond acceptors (Lipinski definition) is 3. The Bertz CT molecular complexity index is 1020. The van der Waals surface area contributed by atoms with Crippen molar-refractivity contribution in [3.8, 4) is 0 Å². The molecule has 1 aliphatic carbocycles. The number of aryl methyl sites for hydroxylation is 2. The van der Waals surface area contributed by atoms with Gasteiger partial charge in [0.15, 0.2) is 0 Å². The second kappa shape index (κ2) is 6.16. The molecule has 1 amide bonds. The number of carbonyl (C=O) groups is 1. The molecule has 5 nitrogen and oxygen atoms in total. The summed E-state index contributed by atoms with van der Waals surface area (Å²) in [4.78, 5) is 25.0. The Hall–Kier alpha value is -2.95. The quantitative estimate of drug-likeness (QED) is 0.801. The van der Waals surface area contributed by atoms with Crippen molar-refractivity contribution in [2.75, 3.05) is 5.32 Å². The maximum absolute atomic E-state index is 12.7. The molecule has 1 heterocycles. The van der Waals surface area contributed by atoms with Crippen LogP contribution in [-0.2, 0) is 17.6 Å². The van der Waals surface area contributed by atoms with E-state index in [2.05, 4.69) is 10.4 Å². The Morgan fingerprint density at radius 1 is 1.16 bits per heavy atom. The highest BCUT2D eigenvalue weighted by molar-refractivity contribution is 6.03. The topological polar surface area (TPSA) is 64.0 Å². The minimum Gasteiger partial charge on any atom is -0.324 e. The summed E-state index contributed by atoms with van der Waals surface area (Å²) < 4.78 is 1.30. The van der Waals surface area contributed by atoms with Gasteiger partial charge in [0.2, 0.25) is 5.91 Å². The third-order valence-electron chi connectivity index (χ3n) is 4.78. The number of hydrogen-bond donors (Lipinski definition) is 1. The van der Waals surface area contributed by atoms with E-state index in [1.54, 1.807) is 13.0 Å². The standard InChI is InChI=1S/C20H19N3O2/c1-13(23-19(24)12-15-8-5-10-17(15)22-23)20(25)21-18-11-4-7-14-6-2-3-9-16(14)18/h2-4,6-7,9,11-13H,5,8,10H2,1H3,(H,21,25). The molecule has 1 atom stereocenters. The van der Waals surface area contributed by atoms with E-state index in [0.29, 0.717) is 0 Å². The van der Waals surface area contributed by atoms with E-state index in [0.717, 1.165) is 47.0 Å². The predicted octanol–water partition coefficient (Wildman–Crippen LogP) is 3.08. The third-order valence-corrected chi connectivity index (χ3v) is 4.78. The summed E-state index contributed by atoms with van der Waals surface area (Å²) >= 11 is 0. The van der Waals surface area contributed by atoms with Crippen LogP contribution >= 0.6 is 0 Å². The number of rotatable bonds is 3. The number of carbonyl (C=O) groups excluding carboxylic acids is 1. The van der Waals surface area contributed by atoms with Crippen LogP contribution in [0.5, 0.6) is 0 Å². The molecule has 0 bridgehead atoms. The second-order valence-corrected chi connectivity index (χ2v) is 6.44.